The maximum Gasteiger partial charge on any atom is 0.320 e. The molecule has 0 amide bonds. The van der Waals surface area contributed by atoms with Crippen molar-refractivity contribution in [2.24, 2.45) is 0 Å². The summed E-state index contributed by atoms with van der Waals surface area (Å²) in [5, 5.41) is 13.0. The lowest BCUT2D eigenvalue weighted by molar-refractivity contribution is -0.140. The molecule has 0 aromatic heterocycles. The lowest BCUT2D eigenvalue weighted by atomic mass is 10.1. The van der Waals surface area contributed by atoms with Gasteiger partial charge in [-0.1, -0.05) is 92.4 Å². The van der Waals surface area contributed by atoms with Crippen molar-refractivity contribution in [2.75, 3.05) is 0 Å². The van der Waals surface area contributed by atoms with Crippen molar-refractivity contribution in [1.82, 2.24) is 5.32 Å². The average Bonchev–Trinajstić information content (AvgIpc) is 2.58. The largest absolute Gasteiger partial charge is 0.480 e. The summed E-state index contributed by atoms with van der Waals surface area (Å²) < 4.78 is 6.57. The Morgan fingerprint density at radius 2 is 1.39 bits per heavy atom. The van der Waals surface area contributed by atoms with E-state index in [0.717, 1.165) is 19.3 Å². The van der Waals surface area contributed by atoms with E-state index in [-0.39, 0.29) is 11.3 Å². The number of aliphatic carboxylic acids is 1. The number of hydrogen-bond acceptors (Lipinski definition) is 3. The Bertz CT molecular complexity index is 407. The van der Waals surface area contributed by atoms with E-state index < -0.39 is 20.3 Å². The van der Waals surface area contributed by atoms with E-state index in [9.17, 15) is 9.90 Å². The molecule has 0 spiro atoms. The highest BCUT2D eigenvalue weighted by Crippen LogP contribution is 2.37. The minimum absolute atomic E-state index is 0.120. The van der Waals surface area contributed by atoms with E-state index in [1.165, 1.54) is 51.4 Å². The van der Waals surface area contributed by atoms with Crippen molar-refractivity contribution in [3.63, 3.8) is 0 Å². The van der Waals surface area contributed by atoms with Crippen LogP contribution in [0.15, 0.2) is 0 Å². The van der Waals surface area contributed by atoms with Crippen LogP contribution in [-0.2, 0) is 9.22 Å². The number of nitrogens with one attached hydrogen (secondary N) is 1. The van der Waals surface area contributed by atoms with Crippen molar-refractivity contribution in [1.29, 1.82) is 0 Å². The fraction of sp³-hybridized carbons (Fsp3) is 0.957. The van der Waals surface area contributed by atoms with Crippen LogP contribution in [-0.4, -0.2) is 31.7 Å². The molecule has 4 nitrogen and oxygen atoms in total. The van der Waals surface area contributed by atoms with Crippen LogP contribution in [0.5, 0.6) is 0 Å². The molecule has 2 unspecified atom stereocenters. The minimum Gasteiger partial charge on any atom is -0.480 e. The van der Waals surface area contributed by atoms with E-state index in [4.69, 9.17) is 4.43 Å². The molecular formula is C23H49NO3Si. The fourth-order valence-corrected chi connectivity index (χ4v) is 4.39. The van der Waals surface area contributed by atoms with E-state index in [2.05, 4.69) is 46.1 Å². The molecule has 0 fully saturated rings. The lowest BCUT2D eigenvalue weighted by Crippen LogP contribution is -2.52. The summed E-state index contributed by atoms with van der Waals surface area (Å²) in [5.41, 5.74) is 0. The van der Waals surface area contributed by atoms with Crippen LogP contribution < -0.4 is 5.32 Å². The van der Waals surface area contributed by atoms with E-state index in [1.807, 2.05) is 6.92 Å². The second-order valence-corrected chi connectivity index (χ2v) is 14.6. The van der Waals surface area contributed by atoms with Gasteiger partial charge in [-0.2, -0.15) is 0 Å². The Morgan fingerprint density at radius 3 is 1.82 bits per heavy atom. The van der Waals surface area contributed by atoms with Crippen molar-refractivity contribution in [2.45, 2.75) is 142 Å². The number of carboxylic acids is 1. The van der Waals surface area contributed by atoms with Crippen LogP contribution in [0.4, 0.5) is 0 Å². The number of rotatable bonds is 17. The highest BCUT2D eigenvalue weighted by atomic mass is 28.4. The standard InChI is InChI=1S/C23H49NO3Si/c1-8-10-11-12-13-14-15-16-17-19-21(24-20(18-9-2)22(25)26)27-28(6,7)23(3,4)5/h20-21,24H,8-19H2,1-7H3,(H,25,26). The molecule has 0 aliphatic heterocycles. The molecule has 5 heteroatoms. The number of hydrogen-bond donors (Lipinski definition) is 2. The Hall–Kier alpha value is -0.393. The summed E-state index contributed by atoms with van der Waals surface area (Å²) in [5.74, 6) is -0.766. The second-order valence-electron chi connectivity index (χ2n) is 9.83. The predicted octanol–water partition coefficient (Wildman–Crippen LogP) is 7.10. The first-order chi connectivity index (χ1) is 13.0. The van der Waals surface area contributed by atoms with Crippen LogP contribution in [0, 0.1) is 0 Å². The van der Waals surface area contributed by atoms with Crippen LogP contribution >= 0.6 is 0 Å². The lowest BCUT2D eigenvalue weighted by Gasteiger charge is -2.40. The van der Waals surface area contributed by atoms with Crippen LogP contribution in [0.1, 0.15) is 112 Å². The molecule has 0 saturated heterocycles. The summed E-state index contributed by atoms with van der Waals surface area (Å²) in [6.07, 6.45) is 13.9. The molecule has 0 bridgehead atoms. The maximum atomic E-state index is 11.6. The maximum absolute atomic E-state index is 11.6. The van der Waals surface area contributed by atoms with Gasteiger partial charge in [0.15, 0.2) is 8.32 Å². The molecule has 0 saturated carbocycles. The van der Waals surface area contributed by atoms with Gasteiger partial charge in [0.25, 0.3) is 0 Å². The van der Waals surface area contributed by atoms with Crippen LogP contribution in [0.3, 0.4) is 0 Å². The summed E-state index contributed by atoms with van der Waals surface area (Å²) >= 11 is 0. The molecular weight excluding hydrogens is 366 g/mol. The zero-order chi connectivity index (χ0) is 21.6. The first kappa shape index (κ1) is 27.6. The molecule has 2 N–H and O–H groups in total. The highest BCUT2D eigenvalue weighted by Gasteiger charge is 2.39. The molecule has 0 aromatic rings. The number of unbranched alkanes of at least 4 members (excludes halogenated alkanes) is 8. The molecule has 0 radical (unpaired) electrons. The van der Waals surface area contributed by atoms with Gasteiger partial charge >= 0.3 is 5.97 Å². The summed E-state index contributed by atoms with van der Waals surface area (Å²) in [6, 6.07) is -0.515. The van der Waals surface area contributed by atoms with Gasteiger partial charge in [0.05, 0.1) is 6.23 Å². The van der Waals surface area contributed by atoms with Crippen molar-refractivity contribution in [3.8, 4) is 0 Å². The number of carboxylic acid groups (broad SMARTS) is 1. The average molecular weight is 416 g/mol. The van der Waals surface area contributed by atoms with E-state index in [1.54, 1.807) is 0 Å². The monoisotopic (exact) mass is 415 g/mol. The Balaban J connectivity index is 4.55. The third kappa shape index (κ3) is 12.2. The van der Waals surface area contributed by atoms with Gasteiger partial charge in [0, 0.05) is 0 Å². The Kier molecular flexibility index (Phi) is 14.4. The summed E-state index contributed by atoms with van der Waals surface area (Å²) in [6.45, 7) is 15.5. The molecule has 0 aliphatic rings. The van der Waals surface area contributed by atoms with Crippen LogP contribution in [0.2, 0.25) is 18.1 Å². The zero-order valence-corrected chi connectivity index (χ0v) is 20.9. The molecule has 0 rings (SSSR count). The third-order valence-corrected chi connectivity index (χ3v) is 10.6. The summed E-state index contributed by atoms with van der Waals surface area (Å²) in [4.78, 5) is 11.6. The number of carbonyl (C=O) groups is 1. The van der Waals surface area contributed by atoms with Crippen molar-refractivity contribution in [3.05, 3.63) is 0 Å². The molecule has 0 aliphatic carbocycles. The Morgan fingerprint density at radius 1 is 0.893 bits per heavy atom. The zero-order valence-electron chi connectivity index (χ0n) is 19.9. The smallest absolute Gasteiger partial charge is 0.320 e. The highest BCUT2D eigenvalue weighted by molar-refractivity contribution is 6.74. The van der Waals surface area contributed by atoms with Gasteiger partial charge in [-0.25, -0.2) is 0 Å². The van der Waals surface area contributed by atoms with Gasteiger partial charge in [0.2, 0.25) is 0 Å². The molecule has 2 atom stereocenters. The predicted molar refractivity (Wildman–Crippen MR) is 123 cm³/mol. The van der Waals surface area contributed by atoms with Crippen molar-refractivity contribution >= 4 is 14.3 Å². The third-order valence-electron chi connectivity index (χ3n) is 6.08. The fourth-order valence-electron chi connectivity index (χ4n) is 3.14. The van der Waals surface area contributed by atoms with Crippen molar-refractivity contribution < 1.29 is 14.3 Å². The van der Waals surface area contributed by atoms with E-state index in [0.29, 0.717) is 6.42 Å². The first-order valence-electron chi connectivity index (χ1n) is 11.7. The van der Waals surface area contributed by atoms with Gasteiger partial charge in [0.1, 0.15) is 6.04 Å². The normalized spacial score (nSPS) is 14.8. The van der Waals surface area contributed by atoms with Gasteiger partial charge < -0.3 is 9.53 Å². The summed E-state index contributed by atoms with van der Waals surface area (Å²) in [7, 11) is -1.94. The second kappa shape index (κ2) is 14.6. The van der Waals surface area contributed by atoms with Gasteiger partial charge in [-0.05, 0) is 37.4 Å². The first-order valence-corrected chi connectivity index (χ1v) is 14.6. The topological polar surface area (TPSA) is 58.6 Å². The molecule has 28 heavy (non-hydrogen) atoms. The van der Waals surface area contributed by atoms with Gasteiger partial charge in [-0.15, -0.1) is 0 Å². The van der Waals surface area contributed by atoms with Gasteiger partial charge in [-0.3, -0.25) is 10.1 Å². The van der Waals surface area contributed by atoms with E-state index >= 15 is 0 Å². The molecule has 168 valence electrons. The van der Waals surface area contributed by atoms with Crippen LogP contribution in [0.25, 0.3) is 0 Å². The Labute approximate surface area is 176 Å². The molecule has 0 aromatic carbocycles. The minimum atomic E-state index is -1.94. The quantitative estimate of drug-likeness (QED) is 0.151. The SMILES string of the molecule is CCCCCCCCCCCC(NC(CCC)C(=O)O)O[Si](C)(C)C(C)(C)C. The molecule has 0 heterocycles.